The van der Waals surface area contributed by atoms with Crippen LogP contribution in [0.5, 0.6) is 0 Å². The van der Waals surface area contributed by atoms with Gasteiger partial charge in [0.25, 0.3) is 0 Å². The molecule has 0 aliphatic heterocycles. The molecule has 0 aliphatic carbocycles. The zero-order valence-corrected chi connectivity index (χ0v) is 10.9. The first-order valence-corrected chi connectivity index (χ1v) is 5.68. The molecule has 0 aliphatic rings. The van der Waals surface area contributed by atoms with Gasteiger partial charge in [0.1, 0.15) is 20.0 Å². The Morgan fingerprint density at radius 2 is 1.82 bits per heavy atom. The zero-order chi connectivity index (χ0) is 12.9. The molecule has 17 heavy (non-hydrogen) atoms. The summed E-state index contributed by atoms with van der Waals surface area (Å²) in [6.07, 6.45) is 0. The summed E-state index contributed by atoms with van der Waals surface area (Å²) in [4.78, 5) is 13.1. The van der Waals surface area contributed by atoms with Crippen molar-refractivity contribution in [1.29, 1.82) is 0 Å². The van der Waals surface area contributed by atoms with E-state index in [9.17, 15) is 4.79 Å². The maximum Gasteiger partial charge on any atom is 0.332 e. The third kappa shape index (κ3) is 10.2. The van der Waals surface area contributed by atoms with Crippen LogP contribution in [0.4, 0.5) is 0 Å². The van der Waals surface area contributed by atoms with Gasteiger partial charge < -0.3 is 18.9 Å². The summed E-state index contributed by atoms with van der Waals surface area (Å²) in [6, 6.07) is 0. The fraction of sp³-hybridized carbons (Fsp3) is 0.909. The number of carbonyl (C=O) groups is 1. The molecule has 102 valence electrons. The van der Waals surface area contributed by atoms with E-state index in [0.29, 0.717) is 26.6 Å². The first kappa shape index (κ1) is 16.3. The summed E-state index contributed by atoms with van der Waals surface area (Å²) < 4.78 is 19.6. The Morgan fingerprint density at radius 3 is 2.41 bits per heavy atom. The van der Waals surface area contributed by atoms with Crippen molar-refractivity contribution in [2.24, 2.45) is 0 Å². The molecule has 0 N–H and O–H groups in total. The first-order valence-electron chi connectivity index (χ1n) is 5.68. The summed E-state index contributed by atoms with van der Waals surface area (Å²) in [5.74, 6) is -0.334. The molecule has 0 aromatic carbocycles. The van der Waals surface area contributed by atoms with Gasteiger partial charge in [-0.1, -0.05) is 6.92 Å². The van der Waals surface area contributed by atoms with E-state index in [1.165, 1.54) is 7.11 Å². The molecular formula is C11H23NO5. The van der Waals surface area contributed by atoms with E-state index in [-0.39, 0.29) is 12.6 Å². The van der Waals surface area contributed by atoms with Crippen molar-refractivity contribution in [2.75, 3.05) is 60.5 Å². The molecule has 0 bridgehead atoms. The minimum absolute atomic E-state index is 0.00305. The summed E-state index contributed by atoms with van der Waals surface area (Å²) in [7, 11) is 3.06. The van der Waals surface area contributed by atoms with Crippen molar-refractivity contribution in [3.05, 3.63) is 0 Å². The van der Waals surface area contributed by atoms with Gasteiger partial charge in [-0.05, 0) is 6.54 Å². The Hall–Kier alpha value is -0.690. The van der Waals surface area contributed by atoms with Crippen molar-refractivity contribution >= 4 is 5.97 Å². The molecule has 0 rings (SSSR count). The molecule has 0 aromatic rings. The number of hydrogen-bond donors (Lipinski definition) is 0. The second-order valence-electron chi connectivity index (χ2n) is 3.40. The number of esters is 1. The molecule has 0 spiro atoms. The topological polar surface area (TPSA) is 57.2 Å². The van der Waals surface area contributed by atoms with Crippen molar-refractivity contribution in [3.63, 3.8) is 0 Å². The van der Waals surface area contributed by atoms with E-state index < -0.39 is 0 Å². The monoisotopic (exact) mass is 249 g/mol. The van der Waals surface area contributed by atoms with Gasteiger partial charge in [-0.3, -0.25) is 4.90 Å². The van der Waals surface area contributed by atoms with E-state index in [1.54, 1.807) is 7.11 Å². The van der Waals surface area contributed by atoms with E-state index >= 15 is 0 Å². The highest BCUT2D eigenvalue weighted by molar-refractivity contribution is 5.70. The molecule has 0 aromatic heterocycles. The maximum absolute atomic E-state index is 11.0. The predicted octanol–water partition coefficient (Wildman–Crippen LogP) is 0.118. The Kier molecular flexibility index (Phi) is 11.3. The van der Waals surface area contributed by atoms with Gasteiger partial charge in [0.2, 0.25) is 0 Å². The second kappa shape index (κ2) is 11.8. The zero-order valence-electron chi connectivity index (χ0n) is 10.9. The molecule has 0 radical (unpaired) electrons. The van der Waals surface area contributed by atoms with Gasteiger partial charge in [-0.2, -0.15) is 0 Å². The van der Waals surface area contributed by atoms with Gasteiger partial charge in [0.05, 0.1) is 6.61 Å². The van der Waals surface area contributed by atoms with Gasteiger partial charge in [0.15, 0.2) is 0 Å². The lowest BCUT2D eigenvalue weighted by atomic mass is 10.5. The number of carbonyl (C=O) groups excluding carboxylic acids is 1. The number of likely N-dealkylation sites (N-methyl/N-ethyl adjacent to an activating group) is 1. The first-order chi connectivity index (χ1) is 8.24. The quantitative estimate of drug-likeness (QED) is 0.294. The van der Waals surface area contributed by atoms with Crippen LogP contribution < -0.4 is 0 Å². The van der Waals surface area contributed by atoms with Crippen LogP contribution in [0, 0.1) is 0 Å². The Labute approximate surface area is 103 Å². The average Bonchev–Trinajstić information content (AvgIpc) is 2.32. The summed E-state index contributed by atoms with van der Waals surface area (Å²) in [6.45, 7) is 5.72. The van der Waals surface area contributed by atoms with Gasteiger partial charge >= 0.3 is 5.97 Å². The lowest BCUT2D eigenvalue weighted by Crippen LogP contribution is -2.32. The molecule has 6 heteroatoms. The number of ether oxygens (including phenoxy) is 4. The maximum atomic E-state index is 11.0. The molecule has 0 saturated carbocycles. The van der Waals surface area contributed by atoms with Crippen LogP contribution in [-0.4, -0.2) is 71.3 Å². The van der Waals surface area contributed by atoms with Crippen molar-refractivity contribution in [1.82, 2.24) is 4.90 Å². The summed E-state index contributed by atoms with van der Waals surface area (Å²) >= 11 is 0. The number of hydrogen-bond acceptors (Lipinski definition) is 6. The normalized spacial score (nSPS) is 10.8. The smallest absolute Gasteiger partial charge is 0.332 e. The minimum atomic E-state index is -0.334. The van der Waals surface area contributed by atoms with Crippen LogP contribution in [0.1, 0.15) is 6.92 Å². The van der Waals surface area contributed by atoms with E-state index in [0.717, 1.165) is 13.1 Å². The van der Waals surface area contributed by atoms with E-state index in [4.69, 9.17) is 14.2 Å². The molecule has 0 heterocycles. The number of nitrogens with zero attached hydrogens (tertiary/aromatic N) is 1. The highest BCUT2D eigenvalue weighted by Crippen LogP contribution is 1.90. The number of methoxy groups -OCH3 is 2. The van der Waals surface area contributed by atoms with E-state index in [2.05, 4.69) is 9.64 Å². The largest absolute Gasteiger partial charge is 0.463 e. The third-order valence-corrected chi connectivity index (χ3v) is 2.13. The fourth-order valence-corrected chi connectivity index (χ4v) is 1.21. The molecule has 0 unspecified atom stereocenters. The lowest BCUT2D eigenvalue weighted by Gasteiger charge is -2.19. The highest BCUT2D eigenvalue weighted by Gasteiger charge is 2.05. The SMILES string of the molecule is CCN(CCOCOC)CCOC(=O)COC. The summed E-state index contributed by atoms with van der Waals surface area (Å²) in [5, 5.41) is 0. The van der Waals surface area contributed by atoms with Crippen LogP contribution in [-0.2, 0) is 23.7 Å². The highest BCUT2D eigenvalue weighted by atomic mass is 16.7. The third-order valence-electron chi connectivity index (χ3n) is 2.13. The van der Waals surface area contributed by atoms with Crippen molar-refractivity contribution in [2.45, 2.75) is 6.92 Å². The predicted molar refractivity (Wildman–Crippen MR) is 62.8 cm³/mol. The second-order valence-corrected chi connectivity index (χ2v) is 3.40. The van der Waals surface area contributed by atoms with Crippen LogP contribution in [0.25, 0.3) is 0 Å². The molecule has 6 nitrogen and oxygen atoms in total. The Morgan fingerprint density at radius 1 is 1.12 bits per heavy atom. The molecule has 0 fully saturated rings. The Bertz CT molecular complexity index is 189. The van der Waals surface area contributed by atoms with Gasteiger partial charge in [-0.15, -0.1) is 0 Å². The minimum Gasteiger partial charge on any atom is -0.463 e. The van der Waals surface area contributed by atoms with Crippen molar-refractivity contribution < 1.29 is 23.7 Å². The standard InChI is InChI=1S/C11H23NO5/c1-4-12(5-7-16-10-15-3)6-8-17-11(13)9-14-2/h4-10H2,1-3H3. The van der Waals surface area contributed by atoms with Gasteiger partial charge in [0, 0.05) is 27.3 Å². The molecule has 0 amide bonds. The van der Waals surface area contributed by atoms with Crippen LogP contribution in [0.3, 0.4) is 0 Å². The Balaban J connectivity index is 3.50. The number of rotatable bonds is 11. The van der Waals surface area contributed by atoms with Gasteiger partial charge in [-0.25, -0.2) is 4.79 Å². The van der Waals surface area contributed by atoms with Crippen molar-refractivity contribution in [3.8, 4) is 0 Å². The van der Waals surface area contributed by atoms with Crippen LogP contribution in [0.2, 0.25) is 0 Å². The van der Waals surface area contributed by atoms with Crippen LogP contribution in [0.15, 0.2) is 0 Å². The lowest BCUT2D eigenvalue weighted by molar-refractivity contribution is -0.148. The molecule has 0 atom stereocenters. The van der Waals surface area contributed by atoms with E-state index in [1.807, 2.05) is 6.92 Å². The molecule has 0 saturated heterocycles. The average molecular weight is 249 g/mol. The summed E-state index contributed by atoms with van der Waals surface area (Å²) in [5.41, 5.74) is 0. The molecular weight excluding hydrogens is 226 g/mol. The fourth-order valence-electron chi connectivity index (χ4n) is 1.21. The van der Waals surface area contributed by atoms with Crippen LogP contribution >= 0.6 is 0 Å².